The normalized spacial score (nSPS) is 14.6. The largest absolute Gasteiger partial charge is 0.369 e. The van der Waals surface area contributed by atoms with Crippen molar-refractivity contribution in [3.63, 3.8) is 0 Å². The van der Waals surface area contributed by atoms with Crippen LogP contribution in [0.25, 0.3) is 0 Å². The number of nitrogens with one attached hydrogen (secondary N) is 2. The van der Waals surface area contributed by atoms with Crippen molar-refractivity contribution in [2.75, 3.05) is 49.5 Å². The van der Waals surface area contributed by atoms with E-state index in [1.54, 1.807) is 6.07 Å². The van der Waals surface area contributed by atoms with Crippen LogP contribution in [0.4, 0.5) is 11.4 Å². The summed E-state index contributed by atoms with van der Waals surface area (Å²) < 4.78 is 0. The van der Waals surface area contributed by atoms with Gasteiger partial charge in [0.15, 0.2) is 0 Å². The van der Waals surface area contributed by atoms with Gasteiger partial charge in [-0.05, 0) is 49.2 Å². The Labute approximate surface area is 166 Å². The highest BCUT2D eigenvalue weighted by molar-refractivity contribution is 6.39. The molecule has 1 saturated heterocycles. The molecular weight excluding hydrogens is 352 g/mol. The van der Waals surface area contributed by atoms with Crippen LogP contribution in [0.3, 0.4) is 0 Å². The second-order valence-corrected chi connectivity index (χ2v) is 7.17. The minimum absolute atomic E-state index is 0.463. The zero-order valence-electron chi connectivity index (χ0n) is 16.6. The van der Waals surface area contributed by atoms with Gasteiger partial charge in [0, 0.05) is 50.6 Å². The lowest BCUT2D eigenvalue weighted by Gasteiger charge is -2.36. The van der Waals surface area contributed by atoms with Crippen molar-refractivity contribution in [1.29, 1.82) is 0 Å². The Morgan fingerprint density at radius 3 is 2.29 bits per heavy atom. The summed E-state index contributed by atoms with van der Waals surface area (Å²) >= 11 is 0. The number of amides is 2. The fraction of sp³-hybridized carbons (Fsp3) is 0.364. The minimum Gasteiger partial charge on any atom is -0.369 e. The molecule has 28 heavy (non-hydrogen) atoms. The average molecular weight is 380 g/mol. The van der Waals surface area contributed by atoms with E-state index in [-0.39, 0.29) is 0 Å². The first-order valence-electron chi connectivity index (χ1n) is 9.72. The lowest BCUT2D eigenvalue weighted by atomic mass is 10.1. The van der Waals surface area contributed by atoms with Crippen LogP contribution in [-0.2, 0) is 9.59 Å². The molecule has 0 aliphatic carbocycles. The van der Waals surface area contributed by atoms with Gasteiger partial charge in [0.2, 0.25) is 0 Å². The second-order valence-electron chi connectivity index (χ2n) is 7.17. The maximum atomic E-state index is 12.0. The third kappa shape index (κ3) is 5.33. The fourth-order valence-corrected chi connectivity index (χ4v) is 3.28. The van der Waals surface area contributed by atoms with Crippen LogP contribution < -0.4 is 15.5 Å². The van der Waals surface area contributed by atoms with E-state index in [2.05, 4.69) is 44.7 Å². The topological polar surface area (TPSA) is 64.7 Å². The molecule has 0 aromatic heterocycles. The molecule has 1 fully saturated rings. The first-order chi connectivity index (χ1) is 13.5. The van der Waals surface area contributed by atoms with E-state index in [1.165, 1.54) is 5.69 Å². The van der Waals surface area contributed by atoms with Crippen LogP contribution >= 0.6 is 0 Å². The van der Waals surface area contributed by atoms with Gasteiger partial charge in [-0.2, -0.15) is 0 Å². The summed E-state index contributed by atoms with van der Waals surface area (Å²) in [6.07, 6.45) is 0. The van der Waals surface area contributed by atoms with Gasteiger partial charge in [0.25, 0.3) is 0 Å². The zero-order valence-corrected chi connectivity index (χ0v) is 16.6. The molecule has 1 aliphatic rings. The van der Waals surface area contributed by atoms with Crippen LogP contribution in [0.5, 0.6) is 0 Å². The van der Waals surface area contributed by atoms with Crippen LogP contribution in [-0.4, -0.2) is 56.0 Å². The van der Waals surface area contributed by atoms with Gasteiger partial charge >= 0.3 is 11.8 Å². The summed E-state index contributed by atoms with van der Waals surface area (Å²) in [4.78, 5) is 28.7. The van der Waals surface area contributed by atoms with E-state index in [4.69, 9.17) is 0 Å². The van der Waals surface area contributed by atoms with Crippen molar-refractivity contribution in [1.82, 2.24) is 10.2 Å². The number of hydrogen-bond donors (Lipinski definition) is 2. The zero-order chi connectivity index (χ0) is 19.9. The molecule has 2 amide bonds. The van der Waals surface area contributed by atoms with Gasteiger partial charge in [-0.1, -0.05) is 24.3 Å². The summed E-state index contributed by atoms with van der Waals surface area (Å²) in [5.74, 6) is -1.22. The van der Waals surface area contributed by atoms with E-state index >= 15 is 0 Å². The predicted octanol–water partition coefficient (Wildman–Crippen LogP) is 2.18. The molecule has 2 aromatic rings. The van der Waals surface area contributed by atoms with Crippen LogP contribution in [0.2, 0.25) is 0 Å². The molecule has 0 saturated carbocycles. The van der Waals surface area contributed by atoms with Crippen molar-refractivity contribution in [3.05, 3.63) is 59.7 Å². The summed E-state index contributed by atoms with van der Waals surface area (Å²) in [7, 11) is 0. The summed E-state index contributed by atoms with van der Waals surface area (Å²) in [5.41, 5.74) is 4.11. The summed E-state index contributed by atoms with van der Waals surface area (Å²) in [5, 5.41) is 5.36. The Morgan fingerprint density at radius 2 is 1.61 bits per heavy atom. The quantitative estimate of drug-likeness (QED) is 0.781. The van der Waals surface area contributed by atoms with Gasteiger partial charge in [0.1, 0.15) is 0 Å². The SMILES string of the molecule is Cc1ccc(NC(=O)C(=O)NCCN2CCN(c3ccccc3)CC2)cc1C. The number of piperazine rings is 1. The lowest BCUT2D eigenvalue weighted by molar-refractivity contribution is -0.136. The molecule has 0 unspecified atom stereocenters. The number of nitrogens with zero attached hydrogens (tertiary/aromatic N) is 2. The highest BCUT2D eigenvalue weighted by Crippen LogP contribution is 2.15. The van der Waals surface area contributed by atoms with Gasteiger partial charge in [-0.25, -0.2) is 0 Å². The first kappa shape index (κ1) is 19.9. The van der Waals surface area contributed by atoms with Crippen molar-refractivity contribution < 1.29 is 9.59 Å². The maximum absolute atomic E-state index is 12.0. The molecule has 6 nitrogen and oxygen atoms in total. The number of rotatable bonds is 5. The fourth-order valence-electron chi connectivity index (χ4n) is 3.28. The molecule has 0 bridgehead atoms. The Kier molecular flexibility index (Phi) is 6.66. The molecule has 1 aliphatic heterocycles. The van der Waals surface area contributed by atoms with Crippen molar-refractivity contribution in [2.45, 2.75) is 13.8 Å². The molecule has 148 valence electrons. The third-order valence-electron chi connectivity index (χ3n) is 5.18. The third-order valence-corrected chi connectivity index (χ3v) is 5.18. The highest BCUT2D eigenvalue weighted by atomic mass is 16.2. The van der Waals surface area contributed by atoms with E-state index in [0.717, 1.165) is 43.9 Å². The molecule has 6 heteroatoms. The molecule has 2 N–H and O–H groups in total. The Bertz CT molecular complexity index is 815. The second kappa shape index (κ2) is 9.37. The summed E-state index contributed by atoms with van der Waals surface area (Å²) in [6, 6.07) is 16.0. The number of aryl methyl sites for hydroxylation is 2. The minimum atomic E-state index is -0.628. The van der Waals surface area contributed by atoms with E-state index in [1.807, 2.05) is 32.0 Å². The molecule has 3 rings (SSSR count). The molecule has 1 heterocycles. The van der Waals surface area contributed by atoms with E-state index in [0.29, 0.717) is 12.2 Å². The lowest BCUT2D eigenvalue weighted by Crippen LogP contribution is -2.49. The van der Waals surface area contributed by atoms with Crippen molar-refractivity contribution in [3.8, 4) is 0 Å². The van der Waals surface area contributed by atoms with Crippen LogP contribution in [0.15, 0.2) is 48.5 Å². The molecule has 0 atom stereocenters. The smallest absolute Gasteiger partial charge is 0.313 e. The van der Waals surface area contributed by atoms with E-state index < -0.39 is 11.8 Å². The molecule has 2 aromatic carbocycles. The van der Waals surface area contributed by atoms with Crippen molar-refractivity contribution >= 4 is 23.2 Å². The monoisotopic (exact) mass is 380 g/mol. The van der Waals surface area contributed by atoms with Gasteiger partial charge in [-0.15, -0.1) is 0 Å². The van der Waals surface area contributed by atoms with E-state index in [9.17, 15) is 9.59 Å². The number of carbonyl (C=O) groups is 2. The number of benzene rings is 2. The number of carbonyl (C=O) groups excluding carboxylic acids is 2. The highest BCUT2D eigenvalue weighted by Gasteiger charge is 2.18. The van der Waals surface area contributed by atoms with Crippen LogP contribution in [0.1, 0.15) is 11.1 Å². The number of para-hydroxylation sites is 1. The number of anilines is 2. The van der Waals surface area contributed by atoms with Crippen LogP contribution in [0, 0.1) is 13.8 Å². The molecule has 0 spiro atoms. The van der Waals surface area contributed by atoms with Gasteiger partial charge < -0.3 is 15.5 Å². The predicted molar refractivity (Wildman–Crippen MR) is 113 cm³/mol. The van der Waals surface area contributed by atoms with Gasteiger partial charge in [-0.3, -0.25) is 14.5 Å². The Balaban J connectivity index is 1.37. The Hall–Kier alpha value is -2.86. The molecular formula is C22H28N4O2. The maximum Gasteiger partial charge on any atom is 0.313 e. The Morgan fingerprint density at radius 1 is 0.893 bits per heavy atom. The van der Waals surface area contributed by atoms with Gasteiger partial charge in [0.05, 0.1) is 0 Å². The van der Waals surface area contributed by atoms with Crippen molar-refractivity contribution in [2.24, 2.45) is 0 Å². The standard InChI is InChI=1S/C22H28N4O2/c1-17-8-9-19(16-18(17)2)24-22(28)21(27)23-10-11-25-12-14-26(15-13-25)20-6-4-3-5-7-20/h3-9,16H,10-15H2,1-2H3,(H,23,27)(H,24,28). The molecule has 0 radical (unpaired) electrons. The average Bonchev–Trinajstić information content (AvgIpc) is 2.72. The number of hydrogen-bond acceptors (Lipinski definition) is 4. The first-order valence-corrected chi connectivity index (χ1v) is 9.72. The summed E-state index contributed by atoms with van der Waals surface area (Å²) in [6.45, 7) is 9.00.